The third-order valence-corrected chi connectivity index (χ3v) is 2.67. The van der Waals surface area contributed by atoms with Crippen molar-refractivity contribution in [1.82, 2.24) is 10.6 Å². The molecule has 0 saturated heterocycles. The van der Waals surface area contributed by atoms with Gasteiger partial charge >= 0.3 is 6.61 Å². The Labute approximate surface area is 125 Å². The first-order valence-electron chi connectivity index (χ1n) is 6.07. The maximum atomic E-state index is 12.0. The molecule has 0 heterocycles. The van der Waals surface area contributed by atoms with Gasteiger partial charge in [0.15, 0.2) is 0 Å². The summed E-state index contributed by atoms with van der Waals surface area (Å²) in [7, 11) is 0. The van der Waals surface area contributed by atoms with Crippen LogP contribution in [0, 0.1) is 0 Å². The Morgan fingerprint density at radius 2 is 2.10 bits per heavy atom. The topological polar surface area (TPSA) is 67.4 Å². The van der Waals surface area contributed by atoms with Gasteiger partial charge in [0.25, 0.3) is 0 Å². The molecule has 0 fully saturated rings. The highest BCUT2D eigenvalue weighted by Gasteiger charge is 2.21. The predicted octanol–water partition coefficient (Wildman–Crippen LogP) is 1.70. The highest BCUT2D eigenvalue weighted by Crippen LogP contribution is 2.10. The molecule has 0 unspecified atom stereocenters. The molecule has 0 aliphatic heterocycles. The molecule has 1 aromatic carbocycles. The summed E-state index contributed by atoms with van der Waals surface area (Å²) < 4.78 is 28.1. The van der Waals surface area contributed by atoms with Crippen LogP contribution in [0.1, 0.15) is 12.5 Å². The van der Waals surface area contributed by atoms with Crippen LogP contribution in [0.3, 0.4) is 0 Å². The minimum atomic E-state index is -3.01. The Hall–Kier alpha value is -1.73. The van der Waals surface area contributed by atoms with Gasteiger partial charge < -0.3 is 15.4 Å². The number of benzene rings is 1. The summed E-state index contributed by atoms with van der Waals surface area (Å²) in [5, 5.41) is 5.28. The summed E-state index contributed by atoms with van der Waals surface area (Å²) in [5.41, 5.74) is 0.743. The van der Waals surface area contributed by atoms with Crippen LogP contribution in [-0.4, -0.2) is 31.1 Å². The molecule has 2 N–H and O–H groups in total. The molecule has 0 bridgehead atoms. The minimum absolute atomic E-state index is 0.157. The smallest absolute Gasteiger partial charge is 0.345 e. The van der Waals surface area contributed by atoms with E-state index in [0.29, 0.717) is 5.02 Å². The number of hydrogen-bond acceptors (Lipinski definition) is 3. The van der Waals surface area contributed by atoms with Crippen molar-refractivity contribution in [3.8, 4) is 0 Å². The maximum absolute atomic E-state index is 12.0. The Bertz CT molecular complexity index is 500. The van der Waals surface area contributed by atoms with E-state index in [1.165, 1.54) is 6.92 Å². The fourth-order valence-corrected chi connectivity index (χ4v) is 1.77. The zero-order valence-electron chi connectivity index (χ0n) is 11.2. The van der Waals surface area contributed by atoms with Gasteiger partial charge in [0.05, 0.1) is 6.61 Å². The molecule has 1 rings (SSSR count). The molecular weight excluding hydrogens is 306 g/mol. The van der Waals surface area contributed by atoms with Crippen LogP contribution in [0.25, 0.3) is 0 Å². The lowest BCUT2D eigenvalue weighted by molar-refractivity contribution is -0.146. The van der Waals surface area contributed by atoms with Crippen LogP contribution in [0.15, 0.2) is 24.3 Å². The van der Waals surface area contributed by atoms with Gasteiger partial charge in [-0.2, -0.15) is 8.78 Å². The Kier molecular flexibility index (Phi) is 7.04. The average Bonchev–Trinajstić information content (AvgIpc) is 2.40. The summed E-state index contributed by atoms with van der Waals surface area (Å²) in [4.78, 5) is 22.8. The Balaban J connectivity index is 2.56. The molecule has 21 heavy (non-hydrogen) atoms. The van der Waals surface area contributed by atoms with Gasteiger partial charge in [0.1, 0.15) is 6.04 Å². The van der Waals surface area contributed by atoms with Gasteiger partial charge in [-0.15, -0.1) is 0 Å². The SMILES string of the molecule is CC(=O)N[C@H](COC(F)F)C(=O)NCc1cccc(Cl)c1. The lowest BCUT2D eigenvalue weighted by atomic mass is 10.2. The predicted molar refractivity (Wildman–Crippen MR) is 72.9 cm³/mol. The third kappa shape index (κ3) is 7.01. The number of halogens is 3. The van der Waals surface area contributed by atoms with Crippen LogP contribution in [0.2, 0.25) is 5.02 Å². The first kappa shape index (κ1) is 17.3. The standard InChI is InChI=1S/C13H15ClF2N2O3/c1-8(19)18-11(7-21-13(15)16)12(20)17-6-9-3-2-4-10(14)5-9/h2-5,11,13H,6-7H2,1H3,(H,17,20)(H,18,19)/t11-/m1/s1. The second kappa shape index (κ2) is 8.53. The molecule has 0 spiro atoms. The highest BCUT2D eigenvalue weighted by atomic mass is 35.5. The summed E-state index contributed by atoms with van der Waals surface area (Å²) in [6.07, 6.45) is 0. The maximum Gasteiger partial charge on any atom is 0.345 e. The molecule has 116 valence electrons. The zero-order valence-corrected chi connectivity index (χ0v) is 12.0. The van der Waals surface area contributed by atoms with Crippen molar-refractivity contribution >= 4 is 23.4 Å². The van der Waals surface area contributed by atoms with E-state index < -0.39 is 31.1 Å². The molecule has 0 radical (unpaired) electrons. The lowest BCUT2D eigenvalue weighted by Crippen LogP contribution is -2.48. The quantitative estimate of drug-likeness (QED) is 0.803. The van der Waals surface area contributed by atoms with Crippen LogP contribution < -0.4 is 10.6 Å². The molecule has 1 atom stereocenters. The van der Waals surface area contributed by atoms with Crippen molar-refractivity contribution < 1.29 is 23.1 Å². The first-order valence-corrected chi connectivity index (χ1v) is 6.45. The molecule has 0 aliphatic carbocycles. The van der Waals surface area contributed by atoms with E-state index in [1.807, 2.05) is 0 Å². The van der Waals surface area contributed by atoms with Gasteiger partial charge in [-0.05, 0) is 17.7 Å². The van der Waals surface area contributed by atoms with Crippen molar-refractivity contribution in [2.45, 2.75) is 26.1 Å². The van der Waals surface area contributed by atoms with Crippen molar-refractivity contribution in [1.29, 1.82) is 0 Å². The number of carbonyl (C=O) groups excluding carboxylic acids is 2. The van der Waals surface area contributed by atoms with Crippen LogP contribution in [-0.2, 0) is 20.9 Å². The van der Waals surface area contributed by atoms with Crippen molar-refractivity contribution in [3.05, 3.63) is 34.9 Å². The Morgan fingerprint density at radius 1 is 1.38 bits per heavy atom. The largest absolute Gasteiger partial charge is 0.350 e. The molecule has 5 nitrogen and oxygen atoms in total. The van der Waals surface area contributed by atoms with E-state index in [4.69, 9.17) is 11.6 Å². The summed E-state index contributed by atoms with van der Waals surface area (Å²) in [6.45, 7) is -2.29. The van der Waals surface area contributed by atoms with Gasteiger partial charge in [-0.1, -0.05) is 23.7 Å². The number of rotatable bonds is 7. The fourth-order valence-electron chi connectivity index (χ4n) is 1.56. The molecule has 2 amide bonds. The second-order valence-corrected chi connectivity index (χ2v) is 4.63. The summed E-state index contributed by atoms with van der Waals surface area (Å²) >= 11 is 5.80. The minimum Gasteiger partial charge on any atom is -0.350 e. The van der Waals surface area contributed by atoms with E-state index in [0.717, 1.165) is 5.56 Å². The van der Waals surface area contributed by atoms with Gasteiger partial charge in [-0.3, -0.25) is 9.59 Å². The van der Waals surface area contributed by atoms with Gasteiger partial charge in [-0.25, -0.2) is 0 Å². The molecule has 0 aromatic heterocycles. The van der Waals surface area contributed by atoms with E-state index in [9.17, 15) is 18.4 Å². The Morgan fingerprint density at radius 3 is 2.67 bits per heavy atom. The molecule has 1 aromatic rings. The number of carbonyl (C=O) groups is 2. The van der Waals surface area contributed by atoms with Gasteiger partial charge in [0, 0.05) is 18.5 Å². The summed E-state index contributed by atoms with van der Waals surface area (Å²) in [6, 6.07) is 5.62. The second-order valence-electron chi connectivity index (χ2n) is 4.19. The van der Waals surface area contributed by atoms with Crippen LogP contribution >= 0.6 is 11.6 Å². The lowest BCUT2D eigenvalue weighted by Gasteiger charge is -2.17. The average molecular weight is 321 g/mol. The third-order valence-electron chi connectivity index (χ3n) is 2.44. The van der Waals surface area contributed by atoms with E-state index in [1.54, 1.807) is 24.3 Å². The number of nitrogens with one attached hydrogen (secondary N) is 2. The number of alkyl halides is 2. The number of ether oxygens (including phenoxy) is 1. The van der Waals surface area contributed by atoms with Crippen LogP contribution in [0.4, 0.5) is 8.78 Å². The van der Waals surface area contributed by atoms with Crippen molar-refractivity contribution in [2.75, 3.05) is 6.61 Å². The number of hydrogen-bond donors (Lipinski definition) is 2. The van der Waals surface area contributed by atoms with Gasteiger partial charge in [0.2, 0.25) is 11.8 Å². The molecular formula is C13H15ClF2N2O3. The summed E-state index contributed by atoms with van der Waals surface area (Å²) in [5.74, 6) is -1.14. The molecule has 8 heteroatoms. The highest BCUT2D eigenvalue weighted by molar-refractivity contribution is 6.30. The van der Waals surface area contributed by atoms with Crippen molar-refractivity contribution in [2.24, 2.45) is 0 Å². The molecule has 0 aliphatic rings. The van der Waals surface area contributed by atoms with Crippen LogP contribution in [0.5, 0.6) is 0 Å². The van der Waals surface area contributed by atoms with E-state index in [2.05, 4.69) is 15.4 Å². The normalized spacial score (nSPS) is 12.0. The van der Waals surface area contributed by atoms with Crippen molar-refractivity contribution in [3.63, 3.8) is 0 Å². The molecule has 0 saturated carbocycles. The van der Waals surface area contributed by atoms with E-state index in [-0.39, 0.29) is 6.54 Å². The zero-order chi connectivity index (χ0) is 15.8. The first-order chi connectivity index (χ1) is 9.88. The fraction of sp³-hybridized carbons (Fsp3) is 0.385. The number of amides is 2. The van der Waals surface area contributed by atoms with E-state index >= 15 is 0 Å². The monoisotopic (exact) mass is 320 g/mol.